The molecule has 0 saturated carbocycles. The summed E-state index contributed by atoms with van der Waals surface area (Å²) in [5.41, 5.74) is 3.29. The van der Waals surface area contributed by atoms with Crippen molar-refractivity contribution >= 4 is 28.8 Å². The van der Waals surface area contributed by atoms with E-state index in [2.05, 4.69) is 46.2 Å². The van der Waals surface area contributed by atoms with E-state index in [0.717, 1.165) is 22.5 Å². The second kappa shape index (κ2) is 11.3. The summed E-state index contributed by atoms with van der Waals surface area (Å²) >= 11 is 0. The van der Waals surface area contributed by atoms with Crippen LogP contribution in [-0.2, 0) is 4.79 Å². The van der Waals surface area contributed by atoms with Gasteiger partial charge in [-0.1, -0.05) is 18.7 Å². The fourth-order valence-electron chi connectivity index (χ4n) is 3.57. The molecule has 1 fully saturated rings. The molecule has 4 rings (SSSR count). The highest BCUT2D eigenvalue weighted by Gasteiger charge is 2.13. The number of nitrogens with zero attached hydrogens (tertiary/aromatic N) is 3. The Balaban J connectivity index is 0.000000269. The van der Waals surface area contributed by atoms with E-state index in [-0.39, 0.29) is 5.91 Å². The first-order valence-electron chi connectivity index (χ1n) is 10.6. The molecule has 0 spiro atoms. The highest BCUT2D eigenvalue weighted by Crippen LogP contribution is 2.27. The lowest BCUT2D eigenvalue weighted by Gasteiger charge is -2.28. The van der Waals surface area contributed by atoms with Gasteiger partial charge in [-0.15, -0.1) is 0 Å². The molecule has 0 bridgehead atoms. The van der Waals surface area contributed by atoms with Crippen LogP contribution in [0.25, 0.3) is 22.2 Å². The van der Waals surface area contributed by atoms with Gasteiger partial charge in [-0.25, -0.2) is 4.98 Å². The van der Waals surface area contributed by atoms with Gasteiger partial charge in [-0.3, -0.25) is 14.6 Å². The van der Waals surface area contributed by atoms with Gasteiger partial charge in [0.15, 0.2) is 6.29 Å². The van der Waals surface area contributed by atoms with E-state index in [1.807, 2.05) is 24.3 Å². The van der Waals surface area contributed by atoms with E-state index in [1.54, 1.807) is 24.4 Å². The second-order valence-electron chi connectivity index (χ2n) is 7.72. The molecule has 0 unspecified atom stereocenters. The zero-order valence-electron chi connectivity index (χ0n) is 18.5. The molecule has 0 atom stereocenters. The number of aldehydes is 1. The molecule has 1 aliphatic heterocycles. The van der Waals surface area contributed by atoms with Gasteiger partial charge in [-0.05, 0) is 76.4 Å². The third kappa shape index (κ3) is 6.06. The van der Waals surface area contributed by atoms with Crippen LogP contribution < -0.4 is 10.6 Å². The highest BCUT2D eigenvalue weighted by molar-refractivity contribution is 6.05. The van der Waals surface area contributed by atoms with E-state index in [0.29, 0.717) is 23.4 Å². The van der Waals surface area contributed by atoms with Gasteiger partial charge >= 0.3 is 0 Å². The Bertz CT molecular complexity index is 1090. The van der Waals surface area contributed by atoms with Crippen molar-refractivity contribution in [3.05, 3.63) is 67.0 Å². The number of likely N-dealkylation sites (tertiary alicyclic amines) is 1. The third-order valence-corrected chi connectivity index (χ3v) is 5.50. The van der Waals surface area contributed by atoms with Crippen molar-refractivity contribution in [2.45, 2.75) is 18.9 Å². The lowest BCUT2D eigenvalue weighted by molar-refractivity contribution is -0.111. The Labute approximate surface area is 188 Å². The molecule has 166 valence electrons. The predicted molar refractivity (Wildman–Crippen MR) is 129 cm³/mol. The van der Waals surface area contributed by atoms with Crippen LogP contribution in [0.2, 0.25) is 0 Å². The summed E-state index contributed by atoms with van der Waals surface area (Å²) in [7, 11) is 4.24. The monoisotopic (exact) mass is 431 g/mol. The van der Waals surface area contributed by atoms with Crippen molar-refractivity contribution < 1.29 is 9.59 Å². The summed E-state index contributed by atoms with van der Waals surface area (Å²) in [5.74, 6) is -0.288. The quantitative estimate of drug-likeness (QED) is 0.475. The Morgan fingerprint density at radius 3 is 2.66 bits per heavy atom. The molecule has 1 amide bonds. The normalized spacial score (nSPS) is 14.3. The van der Waals surface area contributed by atoms with Gasteiger partial charge in [0.25, 0.3) is 0 Å². The first kappa shape index (κ1) is 23.2. The average molecular weight is 432 g/mol. The molecular weight excluding hydrogens is 402 g/mol. The number of anilines is 1. The van der Waals surface area contributed by atoms with Crippen molar-refractivity contribution in [3.63, 3.8) is 0 Å². The summed E-state index contributed by atoms with van der Waals surface area (Å²) in [5, 5.41) is 6.85. The fraction of sp³-hybridized carbons (Fsp3) is 0.280. The van der Waals surface area contributed by atoms with Crippen LogP contribution in [0.1, 0.15) is 23.3 Å². The summed E-state index contributed by atoms with van der Waals surface area (Å²) in [6, 6.07) is 13.4. The highest BCUT2D eigenvalue weighted by atomic mass is 16.1. The molecular formula is C25H29N5O2. The van der Waals surface area contributed by atoms with Crippen molar-refractivity contribution in [1.82, 2.24) is 20.2 Å². The molecule has 32 heavy (non-hydrogen) atoms. The number of carbonyl (C=O) groups is 2. The molecule has 1 aliphatic rings. The lowest BCUT2D eigenvalue weighted by atomic mass is 10.1. The SMILES string of the molecule is C=CC(=O)Nc1ccnc2ccc(-c3cccc(C=O)n3)cc12.CNC1CCN(C)CC1. The molecule has 2 aromatic heterocycles. The van der Waals surface area contributed by atoms with E-state index in [9.17, 15) is 9.59 Å². The smallest absolute Gasteiger partial charge is 0.247 e. The maximum Gasteiger partial charge on any atom is 0.247 e. The molecule has 0 aliphatic carbocycles. The third-order valence-electron chi connectivity index (χ3n) is 5.50. The number of aromatic nitrogens is 2. The zero-order valence-corrected chi connectivity index (χ0v) is 18.5. The minimum absolute atomic E-state index is 0.288. The first-order chi connectivity index (χ1) is 15.5. The number of fused-ring (bicyclic) bond motifs is 1. The first-order valence-corrected chi connectivity index (χ1v) is 10.6. The number of piperidine rings is 1. The van der Waals surface area contributed by atoms with Crippen LogP contribution in [0.4, 0.5) is 5.69 Å². The zero-order chi connectivity index (χ0) is 22.9. The van der Waals surface area contributed by atoms with Crippen molar-refractivity contribution in [2.75, 3.05) is 32.5 Å². The van der Waals surface area contributed by atoms with Crippen molar-refractivity contribution in [3.8, 4) is 11.3 Å². The van der Waals surface area contributed by atoms with E-state index >= 15 is 0 Å². The van der Waals surface area contributed by atoms with Crippen LogP contribution in [0.5, 0.6) is 0 Å². The summed E-state index contributed by atoms with van der Waals surface area (Å²) < 4.78 is 0. The molecule has 3 heterocycles. The van der Waals surface area contributed by atoms with Crippen LogP contribution in [0, 0.1) is 0 Å². The molecule has 1 aromatic carbocycles. The number of pyridine rings is 2. The molecule has 0 radical (unpaired) electrons. The van der Waals surface area contributed by atoms with E-state index in [4.69, 9.17) is 0 Å². The van der Waals surface area contributed by atoms with E-state index < -0.39 is 0 Å². The molecule has 7 heteroatoms. The number of nitrogens with one attached hydrogen (secondary N) is 2. The number of amides is 1. The van der Waals surface area contributed by atoms with Crippen LogP contribution in [0.3, 0.4) is 0 Å². The predicted octanol–water partition coefficient (Wildman–Crippen LogP) is 3.53. The van der Waals surface area contributed by atoms with Gasteiger partial charge in [0.2, 0.25) is 5.91 Å². The molecule has 1 saturated heterocycles. The molecule has 2 N–H and O–H groups in total. The number of carbonyl (C=O) groups excluding carboxylic acids is 2. The largest absolute Gasteiger partial charge is 0.322 e. The summed E-state index contributed by atoms with van der Waals surface area (Å²) in [6.07, 6.45) is 6.18. The van der Waals surface area contributed by atoms with Crippen LogP contribution >= 0.6 is 0 Å². The van der Waals surface area contributed by atoms with Gasteiger partial charge in [-0.2, -0.15) is 0 Å². The number of rotatable bonds is 5. The minimum Gasteiger partial charge on any atom is -0.322 e. The fourth-order valence-corrected chi connectivity index (χ4v) is 3.57. The van der Waals surface area contributed by atoms with Gasteiger partial charge < -0.3 is 15.5 Å². The average Bonchev–Trinajstić information content (AvgIpc) is 2.85. The Kier molecular flexibility index (Phi) is 8.19. The summed E-state index contributed by atoms with van der Waals surface area (Å²) in [6.45, 7) is 5.96. The topological polar surface area (TPSA) is 87.2 Å². The van der Waals surface area contributed by atoms with Gasteiger partial charge in [0, 0.05) is 23.2 Å². The standard InChI is InChI=1S/C18H13N3O2.C7H16N2/c1-2-18(23)21-17-8-9-19-16-7-6-12(10-14(16)17)15-5-3-4-13(11-22)20-15;1-8-7-3-5-9(2)6-4-7/h2-11H,1H2,(H,19,21,23);7-8H,3-6H2,1-2H3. The van der Waals surface area contributed by atoms with Gasteiger partial charge in [0.1, 0.15) is 5.69 Å². The Morgan fingerprint density at radius 1 is 1.19 bits per heavy atom. The van der Waals surface area contributed by atoms with Crippen LogP contribution in [-0.4, -0.2) is 60.3 Å². The maximum atomic E-state index is 11.6. The van der Waals surface area contributed by atoms with E-state index in [1.165, 1.54) is 32.0 Å². The van der Waals surface area contributed by atoms with Crippen molar-refractivity contribution in [2.24, 2.45) is 0 Å². The molecule has 3 aromatic rings. The summed E-state index contributed by atoms with van der Waals surface area (Å²) in [4.78, 5) is 33.4. The second-order valence-corrected chi connectivity index (χ2v) is 7.72. The van der Waals surface area contributed by atoms with Gasteiger partial charge in [0.05, 0.1) is 16.9 Å². The number of hydrogen-bond acceptors (Lipinski definition) is 6. The van der Waals surface area contributed by atoms with Crippen molar-refractivity contribution in [1.29, 1.82) is 0 Å². The Morgan fingerprint density at radius 2 is 1.97 bits per heavy atom. The molecule has 7 nitrogen and oxygen atoms in total. The number of benzene rings is 1. The minimum atomic E-state index is -0.288. The van der Waals surface area contributed by atoms with Crippen LogP contribution in [0.15, 0.2) is 61.3 Å². The maximum absolute atomic E-state index is 11.6. The number of hydrogen-bond donors (Lipinski definition) is 2. The lowest BCUT2D eigenvalue weighted by Crippen LogP contribution is -2.39. The Hall–Kier alpha value is -3.42.